The van der Waals surface area contributed by atoms with Crippen molar-refractivity contribution in [3.8, 4) is 12.1 Å². The Labute approximate surface area is 159 Å². The summed E-state index contributed by atoms with van der Waals surface area (Å²) in [6, 6.07) is 17.7. The van der Waals surface area contributed by atoms with Crippen LogP contribution in [0.15, 0.2) is 75.4 Å². The minimum atomic E-state index is -0.967. The fourth-order valence-electron chi connectivity index (χ4n) is 2.69. The van der Waals surface area contributed by atoms with Crippen LogP contribution in [0.5, 0.6) is 0 Å². The number of allylic oxidation sites excluding steroid dienone is 2. The van der Waals surface area contributed by atoms with E-state index >= 15 is 0 Å². The summed E-state index contributed by atoms with van der Waals surface area (Å²) in [6.45, 7) is 0. The number of hydrogen-bond donors (Lipinski definition) is 2. The normalized spacial score (nSPS) is 16.7. The molecular weight excluding hydrogens is 371 g/mol. The van der Waals surface area contributed by atoms with Gasteiger partial charge in [0.15, 0.2) is 0 Å². The zero-order valence-corrected chi connectivity index (χ0v) is 14.9. The number of nitrogens with two attached hydrogens (primary N) is 1. The lowest BCUT2D eigenvalue weighted by atomic mass is 9.84. The molecule has 0 spiro atoms. The van der Waals surface area contributed by atoms with Gasteiger partial charge in [0.25, 0.3) is 0 Å². The second-order valence-electron chi connectivity index (χ2n) is 5.40. The Kier molecular flexibility index (Phi) is 5.18. The molecule has 0 radical (unpaired) electrons. The molecule has 1 aliphatic rings. The quantitative estimate of drug-likeness (QED) is 0.822. The molecule has 0 aliphatic carbocycles. The molecule has 7 heteroatoms. The fraction of sp³-hybridized carbons (Fsp3) is 0.0526. The van der Waals surface area contributed by atoms with E-state index in [0.29, 0.717) is 5.03 Å². The van der Waals surface area contributed by atoms with E-state index in [-0.39, 0.29) is 27.6 Å². The summed E-state index contributed by atoms with van der Waals surface area (Å²) in [7, 11) is 0. The third-order valence-electron chi connectivity index (χ3n) is 3.85. The van der Waals surface area contributed by atoms with Gasteiger partial charge in [-0.2, -0.15) is 10.5 Å². The summed E-state index contributed by atoms with van der Waals surface area (Å²) in [5.41, 5.74) is 6.32. The van der Waals surface area contributed by atoms with Crippen LogP contribution in [0.2, 0.25) is 5.02 Å². The first-order valence-electron chi connectivity index (χ1n) is 7.54. The van der Waals surface area contributed by atoms with E-state index in [9.17, 15) is 14.9 Å². The molecule has 0 bridgehead atoms. The van der Waals surface area contributed by atoms with Crippen LogP contribution in [-0.4, -0.2) is 0 Å². The number of thioether (sulfide) groups is 1. The van der Waals surface area contributed by atoms with Gasteiger partial charge in [-0.05, 0) is 24.3 Å². The number of halogens is 2. The van der Waals surface area contributed by atoms with Gasteiger partial charge in [0.05, 0.1) is 34.2 Å². The van der Waals surface area contributed by atoms with Crippen LogP contribution in [0.25, 0.3) is 0 Å². The molecule has 2 aromatic rings. The van der Waals surface area contributed by atoms with Crippen molar-refractivity contribution in [2.24, 2.45) is 5.73 Å². The number of hydrogen-bond acceptors (Lipinski definition) is 5. The standard InChI is InChI=1S/C19H12ClFN4S/c20-14-7-4-8-15(21)17(14)16-12(9-22)18(24)25-19(13(16)10-23)26-11-5-2-1-3-6-11/h1-8,16,25H,24H2. The van der Waals surface area contributed by atoms with Crippen molar-refractivity contribution in [1.82, 2.24) is 5.32 Å². The van der Waals surface area contributed by atoms with Crippen LogP contribution in [-0.2, 0) is 0 Å². The molecule has 4 nitrogen and oxygen atoms in total. The predicted octanol–water partition coefficient (Wildman–Crippen LogP) is 4.39. The van der Waals surface area contributed by atoms with Crippen LogP contribution in [0.1, 0.15) is 11.5 Å². The van der Waals surface area contributed by atoms with Crippen LogP contribution in [0.3, 0.4) is 0 Å². The fourth-order valence-corrected chi connectivity index (χ4v) is 3.93. The van der Waals surface area contributed by atoms with Gasteiger partial charge in [-0.25, -0.2) is 4.39 Å². The molecule has 3 N–H and O–H groups in total. The molecule has 128 valence electrons. The Hall–Kier alpha value is -2.93. The van der Waals surface area contributed by atoms with Crippen LogP contribution < -0.4 is 11.1 Å². The van der Waals surface area contributed by atoms with Crippen molar-refractivity contribution in [1.29, 1.82) is 10.5 Å². The summed E-state index contributed by atoms with van der Waals surface area (Å²) in [5.74, 6) is -1.48. The number of dihydropyridines is 1. The first-order valence-corrected chi connectivity index (χ1v) is 8.74. The minimum Gasteiger partial charge on any atom is -0.384 e. The molecule has 0 fully saturated rings. The topological polar surface area (TPSA) is 85.6 Å². The van der Waals surface area contributed by atoms with Gasteiger partial charge in [-0.1, -0.05) is 47.6 Å². The van der Waals surface area contributed by atoms with E-state index in [1.54, 1.807) is 0 Å². The monoisotopic (exact) mass is 382 g/mol. The highest BCUT2D eigenvalue weighted by molar-refractivity contribution is 8.03. The van der Waals surface area contributed by atoms with Crippen molar-refractivity contribution in [2.75, 3.05) is 0 Å². The predicted molar refractivity (Wildman–Crippen MR) is 99.1 cm³/mol. The zero-order chi connectivity index (χ0) is 18.7. The summed E-state index contributed by atoms with van der Waals surface area (Å²) >= 11 is 7.47. The highest BCUT2D eigenvalue weighted by atomic mass is 35.5. The highest BCUT2D eigenvalue weighted by Crippen LogP contribution is 2.43. The van der Waals surface area contributed by atoms with Crippen LogP contribution in [0.4, 0.5) is 4.39 Å². The van der Waals surface area contributed by atoms with E-state index in [4.69, 9.17) is 17.3 Å². The van der Waals surface area contributed by atoms with Gasteiger partial charge >= 0.3 is 0 Å². The Morgan fingerprint density at radius 3 is 2.35 bits per heavy atom. The summed E-state index contributed by atoms with van der Waals surface area (Å²) in [5, 5.41) is 22.8. The Morgan fingerprint density at radius 1 is 1.04 bits per heavy atom. The molecule has 0 amide bonds. The zero-order valence-electron chi connectivity index (χ0n) is 13.3. The first kappa shape index (κ1) is 17.9. The first-order chi connectivity index (χ1) is 12.6. The third kappa shape index (κ3) is 3.25. The van der Waals surface area contributed by atoms with Gasteiger partial charge in [-0.3, -0.25) is 0 Å². The van der Waals surface area contributed by atoms with Crippen molar-refractivity contribution in [3.05, 3.63) is 86.9 Å². The van der Waals surface area contributed by atoms with Gasteiger partial charge in [0.2, 0.25) is 0 Å². The molecule has 1 aliphatic heterocycles. The highest BCUT2D eigenvalue weighted by Gasteiger charge is 2.34. The maximum absolute atomic E-state index is 14.5. The molecule has 2 aromatic carbocycles. The van der Waals surface area contributed by atoms with E-state index < -0.39 is 11.7 Å². The number of rotatable bonds is 3. The summed E-state index contributed by atoms with van der Waals surface area (Å²) < 4.78 is 14.5. The lowest BCUT2D eigenvalue weighted by molar-refractivity contribution is 0.604. The third-order valence-corrected chi connectivity index (χ3v) is 5.22. The molecule has 1 unspecified atom stereocenters. The Bertz CT molecular complexity index is 982. The molecule has 0 saturated heterocycles. The number of nitrogens with zero attached hydrogens (tertiary/aromatic N) is 2. The molecule has 26 heavy (non-hydrogen) atoms. The average molecular weight is 383 g/mol. The lowest BCUT2D eigenvalue weighted by Gasteiger charge is -2.27. The van der Waals surface area contributed by atoms with E-state index in [0.717, 1.165) is 4.90 Å². The smallest absolute Gasteiger partial charge is 0.128 e. The number of nitrogens with one attached hydrogen (secondary N) is 1. The van der Waals surface area contributed by atoms with Crippen molar-refractivity contribution in [3.63, 3.8) is 0 Å². The van der Waals surface area contributed by atoms with Gasteiger partial charge in [-0.15, -0.1) is 0 Å². The van der Waals surface area contributed by atoms with Gasteiger partial charge in [0, 0.05) is 15.5 Å². The maximum atomic E-state index is 14.5. The van der Waals surface area contributed by atoms with E-state index in [1.807, 2.05) is 36.4 Å². The molecule has 0 saturated carbocycles. The SMILES string of the molecule is N#CC1=C(N)NC(Sc2ccccc2)=C(C#N)C1c1c(F)cccc1Cl. The van der Waals surface area contributed by atoms with Gasteiger partial charge < -0.3 is 11.1 Å². The maximum Gasteiger partial charge on any atom is 0.128 e. The molecule has 0 aromatic heterocycles. The largest absolute Gasteiger partial charge is 0.384 e. The molecule has 1 atom stereocenters. The van der Waals surface area contributed by atoms with Gasteiger partial charge in [0.1, 0.15) is 11.6 Å². The summed E-state index contributed by atoms with van der Waals surface area (Å²) in [4.78, 5) is 0.870. The van der Waals surface area contributed by atoms with Crippen LogP contribution >= 0.6 is 23.4 Å². The lowest BCUT2D eigenvalue weighted by Crippen LogP contribution is -2.29. The van der Waals surface area contributed by atoms with Crippen molar-refractivity contribution in [2.45, 2.75) is 10.8 Å². The van der Waals surface area contributed by atoms with Crippen LogP contribution in [0, 0.1) is 28.5 Å². The van der Waals surface area contributed by atoms with Crippen molar-refractivity contribution >= 4 is 23.4 Å². The Balaban J connectivity index is 2.19. The molecular formula is C19H12ClFN4S. The number of benzene rings is 2. The van der Waals surface area contributed by atoms with Crippen molar-refractivity contribution < 1.29 is 4.39 Å². The molecule has 3 rings (SSSR count). The average Bonchev–Trinajstić information content (AvgIpc) is 2.62. The van der Waals surface area contributed by atoms with E-state index in [2.05, 4.69) is 11.4 Å². The molecule has 1 heterocycles. The van der Waals surface area contributed by atoms with E-state index in [1.165, 1.54) is 30.0 Å². The number of nitriles is 2. The second kappa shape index (κ2) is 7.53. The minimum absolute atomic E-state index is 0.0611. The summed E-state index contributed by atoms with van der Waals surface area (Å²) in [6.07, 6.45) is 0. The Morgan fingerprint density at radius 2 is 1.73 bits per heavy atom. The second-order valence-corrected chi connectivity index (χ2v) is 6.89.